The van der Waals surface area contributed by atoms with E-state index in [-0.39, 0.29) is 17.2 Å². The van der Waals surface area contributed by atoms with Crippen molar-refractivity contribution in [2.75, 3.05) is 0 Å². The molecule has 6 heteroatoms. The summed E-state index contributed by atoms with van der Waals surface area (Å²) in [5.41, 5.74) is 3.12. The van der Waals surface area contributed by atoms with Crippen molar-refractivity contribution in [1.82, 2.24) is 20.1 Å². The van der Waals surface area contributed by atoms with Crippen LogP contribution in [0.15, 0.2) is 77.9 Å². The number of benzene rings is 2. The van der Waals surface area contributed by atoms with Gasteiger partial charge in [-0.15, -0.1) is 0 Å². The third-order valence-electron chi connectivity index (χ3n) is 5.09. The first-order chi connectivity index (χ1) is 14.7. The number of hydrogen-bond donors (Lipinski definition) is 1. The van der Waals surface area contributed by atoms with Crippen LogP contribution in [-0.4, -0.2) is 26.0 Å². The van der Waals surface area contributed by atoms with E-state index in [4.69, 9.17) is 0 Å². The lowest BCUT2D eigenvalue weighted by molar-refractivity contribution is 0.0725. The molecule has 0 fully saturated rings. The topological polar surface area (TPSA) is 79.0 Å². The van der Waals surface area contributed by atoms with Gasteiger partial charge in [-0.3, -0.25) is 14.6 Å². The van der Waals surface area contributed by atoms with Gasteiger partial charge in [0, 0.05) is 30.9 Å². The number of rotatable bonds is 6. The van der Waals surface area contributed by atoms with Gasteiger partial charge in [-0.2, -0.15) is 5.10 Å². The number of hydrogen-bond acceptors (Lipinski definition) is 4. The fourth-order valence-electron chi connectivity index (χ4n) is 3.44. The summed E-state index contributed by atoms with van der Waals surface area (Å²) in [5.74, 6) is -0.245. The maximum absolute atomic E-state index is 13.5. The van der Waals surface area contributed by atoms with E-state index in [1.54, 1.807) is 41.6 Å². The van der Waals surface area contributed by atoms with Crippen molar-refractivity contribution < 1.29 is 4.79 Å². The van der Waals surface area contributed by atoms with Crippen LogP contribution in [0.1, 0.15) is 34.1 Å². The van der Waals surface area contributed by atoms with Crippen LogP contribution in [0.4, 0.5) is 0 Å². The average molecular weight is 398 g/mol. The van der Waals surface area contributed by atoms with Gasteiger partial charge in [-0.1, -0.05) is 55.5 Å². The zero-order valence-corrected chi connectivity index (χ0v) is 16.7. The minimum atomic E-state index is -0.309. The van der Waals surface area contributed by atoms with E-state index < -0.39 is 0 Å². The molecule has 0 unspecified atom stereocenters. The fourth-order valence-corrected chi connectivity index (χ4v) is 3.44. The van der Waals surface area contributed by atoms with Crippen molar-refractivity contribution in [3.05, 3.63) is 106 Å². The highest BCUT2D eigenvalue weighted by Gasteiger charge is 2.21. The molecule has 0 aliphatic rings. The summed E-state index contributed by atoms with van der Waals surface area (Å²) in [4.78, 5) is 31.5. The van der Waals surface area contributed by atoms with Crippen LogP contribution in [0.25, 0.3) is 10.8 Å². The van der Waals surface area contributed by atoms with Gasteiger partial charge < -0.3 is 4.90 Å². The molecule has 0 saturated carbocycles. The number of fused-ring (bicyclic) bond motifs is 1. The van der Waals surface area contributed by atoms with Gasteiger partial charge >= 0.3 is 0 Å². The van der Waals surface area contributed by atoms with Crippen molar-refractivity contribution in [3.63, 3.8) is 0 Å². The minimum absolute atomic E-state index is 0.235. The Hall–Kier alpha value is -3.80. The molecule has 2 heterocycles. The van der Waals surface area contributed by atoms with E-state index in [9.17, 15) is 9.59 Å². The lowest BCUT2D eigenvalue weighted by Crippen LogP contribution is -2.32. The predicted octanol–water partition coefficient (Wildman–Crippen LogP) is 3.72. The van der Waals surface area contributed by atoms with Gasteiger partial charge in [0.25, 0.3) is 11.5 Å². The van der Waals surface area contributed by atoms with E-state index in [0.29, 0.717) is 23.9 Å². The molecule has 0 aliphatic heterocycles. The third-order valence-corrected chi connectivity index (χ3v) is 5.09. The Morgan fingerprint density at radius 3 is 2.30 bits per heavy atom. The minimum Gasteiger partial charge on any atom is -0.329 e. The quantitative estimate of drug-likeness (QED) is 0.537. The van der Waals surface area contributed by atoms with Gasteiger partial charge in [0.2, 0.25) is 0 Å². The molecule has 0 aliphatic carbocycles. The van der Waals surface area contributed by atoms with E-state index in [1.807, 2.05) is 24.3 Å². The molecule has 0 bridgehead atoms. The molecule has 0 spiro atoms. The van der Waals surface area contributed by atoms with Crippen molar-refractivity contribution in [2.45, 2.75) is 26.4 Å². The first-order valence-corrected chi connectivity index (χ1v) is 9.89. The molecule has 1 amide bonds. The number of H-pyrrole nitrogens is 1. The zero-order chi connectivity index (χ0) is 20.9. The molecule has 0 saturated heterocycles. The average Bonchev–Trinajstić information content (AvgIpc) is 2.80. The Balaban J connectivity index is 1.72. The molecule has 4 aromatic rings. The van der Waals surface area contributed by atoms with Gasteiger partial charge in [0.1, 0.15) is 0 Å². The smallest absolute Gasteiger partial charge is 0.275 e. The highest BCUT2D eigenvalue weighted by atomic mass is 16.2. The second-order valence-corrected chi connectivity index (χ2v) is 7.14. The maximum atomic E-state index is 13.5. The number of aryl methyl sites for hydroxylation is 1. The summed E-state index contributed by atoms with van der Waals surface area (Å²) in [7, 11) is 0. The zero-order valence-electron chi connectivity index (χ0n) is 16.7. The lowest BCUT2D eigenvalue weighted by Gasteiger charge is -2.23. The molecule has 30 heavy (non-hydrogen) atoms. The van der Waals surface area contributed by atoms with Crippen LogP contribution in [0, 0.1) is 0 Å². The molecule has 150 valence electrons. The number of nitrogens with zero attached hydrogens (tertiary/aromatic N) is 3. The first kappa shape index (κ1) is 19.5. The summed E-state index contributed by atoms with van der Waals surface area (Å²) < 4.78 is 0. The molecular formula is C24H22N4O2. The predicted molar refractivity (Wildman–Crippen MR) is 116 cm³/mol. The van der Waals surface area contributed by atoms with Crippen molar-refractivity contribution in [3.8, 4) is 0 Å². The number of aromatic nitrogens is 3. The van der Waals surface area contributed by atoms with E-state index >= 15 is 0 Å². The standard InChI is InChI=1S/C24H22N4O2/c1-2-17-9-11-18(12-10-17)15-28(16-19-6-5-13-25-14-19)24(30)22-20-7-3-4-8-21(20)23(29)27-26-22/h3-14H,2,15-16H2,1H3,(H,27,29). The van der Waals surface area contributed by atoms with Crippen LogP contribution < -0.4 is 5.56 Å². The van der Waals surface area contributed by atoms with Crippen molar-refractivity contribution >= 4 is 16.7 Å². The van der Waals surface area contributed by atoms with Gasteiger partial charge in [-0.25, -0.2) is 5.10 Å². The largest absolute Gasteiger partial charge is 0.329 e. The Morgan fingerprint density at radius 1 is 0.900 bits per heavy atom. The van der Waals surface area contributed by atoms with E-state index in [2.05, 4.69) is 34.2 Å². The summed E-state index contributed by atoms with van der Waals surface area (Å²) in [6, 6.07) is 19.1. The van der Waals surface area contributed by atoms with Crippen LogP contribution in [0.3, 0.4) is 0 Å². The molecule has 6 nitrogen and oxygen atoms in total. The summed E-state index contributed by atoms with van der Waals surface area (Å²) in [5, 5.41) is 7.54. The van der Waals surface area contributed by atoms with Crippen molar-refractivity contribution in [1.29, 1.82) is 0 Å². The molecule has 4 rings (SSSR count). The second kappa shape index (κ2) is 8.69. The highest BCUT2D eigenvalue weighted by molar-refractivity contribution is 6.04. The van der Waals surface area contributed by atoms with Crippen LogP contribution in [0.2, 0.25) is 0 Å². The highest BCUT2D eigenvalue weighted by Crippen LogP contribution is 2.18. The van der Waals surface area contributed by atoms with Gasteiger partial charge in [0.05, 0.1) is 5.39 Å². The number of nitrogens with one attached hydrogen (secondary N) is 1. The van der Waals surface area contributed by atoms with Crippen LogP contribution >= 0.6 is 0 Å². The van der Waals surface area contributed by atoms with E-state index in [1.165, 1.54) is 5.56 Å². The number of pyridine rings is 1. The normalized spacial score (nSPS) is 10.8. The monoisotopic (exact) mass is 398 g/mol. The fraction of sp³-hybridized carbons (Fsp3) is 0.167. The van der Waals surface area contributed by atoms with Crippen molar-refractivity contribution in [2.24, 2.45) is 0 Å². The number of carbonyl (C=O) groups excluding carboxylic acids is 1. The third kappa shape index (κ3) is 4.12. The summed E-state index contributed by atoms with van der Waals surface area (Å²) in [6.07, 6.45) is 4.42. The van der Waals surface area contributed by atoms with Crippen LogP contribution in [0.5, 0.6) is 0 Å². The second-order valence-electron chi connectivity index (χ2n) is 7.14. The maximum Gasteiger partial charge on any atom is 0.275 e. The number of aromatic amines is 1. The molecular weight excluding hydrogens is 376 g/mol. The van der Waals surface area contributed by atoms with Gasteiger partial charge in [-0.05, 0) is 35.2 Å². The Morgan fingerprint density at radius 2 is 1.60 bits per heavy atom. The summed E-state index contributed by atoms with van der Waals surface area (Å²) in [6.45, 7) is 2.92. The first-order valence-electron chi connectivity index (χ1n) is 9.89. The SMILES string of the molecule is CCc1ccc(CN(Cc2cccnc2)C(=O)c2n[nH]c(=O)c3ccccc23)cc1. The summed E-state index contributed by atoms with van der Waals surface area (Å²) >= 11 is 0. The molecule has 1 N–H and O–H groups in total. The number of amides is 1. The molecule has 2 aromatic carbocycles. The van der Waals surface area contributed by atoms with Crippen LogP contribution in [-0.2, 0) is 19.5 Å². The Labute approximate surface area is 174 Å². The molecule has 0 radical (unpaired) electrons. The molecule has 0 atom stereocenters. The molecule has 2 aromatic heterocycles. The lowest BCUT2D eigenvalue weighted by atomic mass is 10.1. The van der Waals surface area contributed by atoms with Gasteiger partial charge in [0.15, 0.2) is 5.69 Å². The van der Waals surface area contributed by atoms with E-state index in [0.717, 1.165) is 17.5 Å². The Kier molecular flexibility index (Phi) is 5.66. The Bertz CT molecular complexity index is 1220. The number of carbonyl (C=O) groups is 1.